The van der Waals surface area contributed by atoms with E-state index in [1.54, 1.807) is 0 Å². The fourth-order valence-corrected chi connectivity index (χ4v) is 2.90. The van der Waals surface area contributed by atoms with Crippen LogP contribution in [0.3, 0.4) is 0 Å². The van der Waals surface area contributed by atoms with Crippen molar-refractivity contribution in [2.45, 2.75) is 6.42 Å². The first-order chi connectivity index (χ1) is 10.1. The number of hydrogen-bond acceptors (Lipinski definition) is 3. The maximum atomic E-state index is 13.2. The molecule has 0 amide bonds. The van der Waals surface area contributed by atoms with Gasteiger partial charge in [-0.1, -0.05) is 12.1 Å². The Balaban J connectivity index is 1.83. The Hall–Kier alpha value is -2.27. The number of aromatic nitrogens is 1. The van der Waals surface area contributed by atoms with Gasteiger partial charge in [-0.2, -0.15) is 0 Å². The third kappa shape index (κ3) is 3.25. The van der Waals surface area contributed by atoms with Gasteiger partial charge in [0.05, 0.1) is 10.7 Å². The molecule has 5 heteroatoms. The molecule has 0 saturated heterocycles. The first-order valence-electron chi connectivity index (χ1n) is 6.35. The van der Waals surface area contributed by atoms with Crippen molar-refractivity contribution in [1.29, 1.82) is 0 Å². The van der Waals surface area contributed by atoms with Crippen LogP contribution < -0.4 is 5.73 Å². The van der Waals surface area contributed by atoms with Crippen LogP contribution in [0.2, 0.25) is 0 Å². The molecule has 106 valence electrons. The summed E-state index contributed by atoms with van der Waals surface area (Å²) in [6, 6.07) is 10.9. The van der Waals surface area contributed by atoms with Gasteiger partial charge in [-0.15, -0.1) is 11.3 Å². The summed E-state index contributed by atoms with van der Waals surface area (Å²) in [5, 5.41) is 2.74. The number of hydrogen-bond donors (Lipinski definition) is 1. The molecule has 0 fully saturated rings. The SMILES string of the molecule is Nc1ccc(-c2csc(Cc3cc(F)cc(F)c3)n2)cc1. The number of nitrogens with two attached hydrogens (primary N) is 1. The first-order valence-corrected chi connectivity index (χ1v) is 7.23. The second-order valence-corrected chi connectivity index (χ2v) is 5.65. The smallest absolute Gasteiger partial charge is 0.126 e. The molecule has 2 nitrogen and oxygen atoms in total. The van der Waals surface area contributed by atoms with Crippen LogP contribution in [0.25, 0.3) is 11.3 Å². The molecule has 0 atom stereocenters. The van der Waals surface area contributed by atoms with Crippen LogP contribution in [0.1, 0.15) is 10.6 Å². The van der Waals surface area contributed by atoms with Crippen molar-refractivity contribution in [1.82, 2.24) is 4.98 Å². The van der Waals surface area contributed by atoms with Crippen LogP contribution in [0.5, 0.6) is 0 Å². The van der Waals surface area contributed by atoms with E-state index in [1.807, 2.05) is 29.6 Å². The van der Waals surface area contributed by atoms with E-state index in [1.165, 1.54) is 23.5 Å². The predicted molar refractivity (Wildman–Crippen MR) is 81.1 cm³/mol. The van der Waals surface area contributed by atoms with Gasteiger partial charge >= 0.3 is 0 Å². The van der Waals surface area contributed by atoms with Crippen LogP contribution in [0.4, 0.5) is 14.5 Å². The van der Waals surface area contributed by atoms with E-state index in [2.05, 4.69) is 4.98 Å². The highest BCUT2D eigenvalue weighted by atomic mass is 32.1. The summed E-state index contributed by atoms with van der Waals surface area (Å²) in [6.45, 7) is 0. The summed E-state index contributed by atoms with van der Waals surface area (Å²) in [4.78, 5) is 4.50. The number of anilines is 1. The van der Waals surface area contributed by atoms with Gasteiger partial charge in [-0.05, 0) is 29.8 Å². The molecule has 0 bridgehead atoms. The van der Waals surface area contributed by atoms with Crippen molar-refractivity contribution in [3.8, 4) is 11.3 Å². The van der Waals surface area contributed by atoms with E-state index in [9.17, 15) is 8.78 Å². The minimum absolute atomic E-state index is 0.411. The van der Waals surface area contributed by atoms with E-state index in [0.717, 1.165) is 22.3 Å². The van der Waals surface area contributed by atoms with Crippen LogP contribution in [-0.4, -0.2) is 4.98 Å². The Labute approximate surface area is 124 Å². The Morgan fingerprint density at radius 3 is 2.33 bits per heavy atom. The van der Waals surface area contributed by atoms with Gasteiger partial charge in [-0.3, -0.25) is 0 Å². The van der Waals surface area contributed by atoms with Crippen molar-refractivity contribution in [2.24, 2.45) is 0 Å². The van der Waals surface area contributed by atoms with Crippen molar-refractivity contribution in [3.63, 3.8) is 0 Å². The highest BCUT2D eigenvalue weighted by Gasteiger charge is 2.07. The Morgan fingerprint density at radius 2 is 1.67 bits per heavy atom. The second kappa shape index (κ2) is 5.61. The monoisotopic (exact) mass is 302 g/mol. The maximum Gasteiger partial charge on any atom is 0.126 e. The van der Waals surface area contributed by atoms with Crippen LogP contribution in [0, 0.1) is 11.6 Å². The van der Waals surface area contributed by atoms with Crippen LogP contribution in [0.15, 0.2) is 47.8 Å². The molecular weight excluding hydrogens is 290 g/mol. The van der Waals surface area contributed by atoms with Crippen molar-refractivity contribution < 1.29 is 8.78 Å². The summed E-state index contributed by atoms with van der Waals surface area (Å²) in [6.07, 6.45) is 0.411. The Bertz CT molecular complexity index is 746. The van der Waals surface area contributed by atoms with Crippen molar-refractivity contribution >= 4 is 17.0 Å². The van der Waals surface area contributed by atoms with Gasteiger partial charge in [0.15, 0.2) is 0 Å². The van der Waals surface area contributed by atoms with Gasteiger partial charge in [0.25, 0.3) is 0 Å². The van der Waals surface area contributed by atoms with E-state index < -0.39 is 11.6 Å². The maximum absolute atomic E-state index is 13.2. The predicted octanol–water partition coefficient (Wildman–Crippen LogP) is 4.26. The average molecular weight is 302 g/mol. The zero-order valence-corrected chi connectivity index (χ0v) is 11.8. The third-order valence-corrected chi connectivity index (χ3v) is 3.88. The fourth-order valence-electron chi connectivity index (χ4n) is 2.07. The highest BCUT2D eigenvalue weighted by molar-refractivity contribution is 7.10. The molecule has 0 radical (unpaired) electrons. The lowest BCUT2D eigenvalue weighted by Crippen LogP contribution is -1.91. The Kier molecular flexibility index (Phi) is 3.66. The number of rotatable bonds is 3. The third-order valence-electron chi connectivity index (χ3n) is 3.04. The normalized spacial score (nSPS) is 10.8. The minimum Gasteiger partial charge on any atom is -0.399 e. The van der Waals surface area contributed by atoms with Crippen molar-refractivity contribution in [3.05, 3.63) is 70.1 Å². The standard InChI is InChI=1S/C16H12F2N2S/c17-12-5-10(6-13(18)8-12)7-16-20-15(9-21-16)11-1-3-14(19)4-2-11/h1-6,8-9H,7,19H2. The lowest BCUT2D eigenvalue weighted by molar-refractivity contribution is 0.580. The van der Waals surface area contributed by atoms with Gasteiger partial charge in [0.1, 0.15) is 11.6 Å². The lowest BCUT2D eigenvalue weighted by Gasteiger charge is -2.00. The molecule has 0 unspecified atom stereocenters. The van der Waals surface area contributed by atoms with E-state index >= 15 is 0 Å². The number of benzene rings is 2. The molecule has 2 aromatic carbocycles. The average Bonchev–Trinajstić information content (AvgIpc) is 2.87. The molecule has 0 spiro atoms. The highest BCUT2D eigenvalue weighted by Crippen LogP contribution is 2.24. The molecule has 1 heterocycles. The summed E-state index contributed by atoms with van der Waals surface area (Å²) in [7, 11) is 0. The summed E-state index contributed by atoms with van der Waals surface area (Å²) in [5.41, 5.74) is 8.73. The molecule has 0 aliphatic heterocycles. The molecule has 21 heavy (non-hydrogen) atoms. The fraction of sp³-hybridized carbons (Fsp3) is 0.0625. The van der Waals surface area contributed by atoms with Crippen LogP contribution in [-0.2, 0) is 6.42 Å². The number of halogens is 2. The van der Waals surface area contributed by atoms with Gasteiger partial charge in [0, 0.05) is 29.1 Å². The van der Waals surface area contributed by atoms with E-state index in [-0.39, 0.29) is 0 Å². The molecular formula is C16H12F2N2S. The quantitative estimate of drug-likeness (QED) is 0.734. The number of nitrogen functional groups attached to an aromatic ring is 1. The molecule has 0 aliphatic carbocycles. The molecule has 0 aliphatic rings. The largest absolute Gasteiger partial charge is 0.399 e. The summed E-state index contributed by atoms with van der Waals surface area (Å²) in [5.74, 6) is -1.14. The number of thiazole rings is 1. The van der Waals surface area contributed by atoms with Gasteiger partial charge < -0.3 is 5.73 Å². The second-order valence-electron chi connectivity index (χ2n) is 4.70. The minimum atomic E-state index is -0.569. The summed E-state index contributed by atoms with van der Waals surface area (Å²) >= 11 is 1.47. The number of nitrogens with zero attached hydrogens (tertiary/aromatic N) is 1. The molecule has 2 N–H and O–H groups in total. The molecule has 1 aromatic heterocycles. The zero-order chi connectivity index (χ0) is 14.8. The van der Waals surface area contributed by atoms with Crippen molar-refractivity contribution in [2.75, 3.05) is 5.73 Å². The summed E-state index contributed by atoms with van der Waals surface area (Å²) < 4.78 is 26.3. The zero-order valence-electron chi connectivity index (χ0n) is 11.0. The first kappa shape index (κ1) is 13.7. The topological polar surface area (TPSA) is 38.9 Å². The van der Waals surface area contributed by atoms with E-state index in [4.69, 9.17) is 5.73 Å². The molecule has 0 saturated carbocycles. The van der Waals surface area contributed by atoms with Crippen LogP contribution >= 0.6 is 11.3 Å². The van der Waals surface area contributed by atoms with Gasteiger partial charge in [-0.25, -0.2) is 13.8 Å². The van der Waals surface area contributed by atoms with Gasteiger partial charge in [0.2, 0.25) is 0 Å². The van der Waals surface area contributed by atoms with E-state index in [0.29, 0.717) is 17.7 Å². The molecule has 3 aromatic rings. The Morgan fingerprint density at radius 1 is 1.00 bits per heavy atom. The lowest BCUT2D eigenvalue weighted by atomic mass is 10.1. The molecule has 3 rings (SSSR count).